The van der Waals surface area contributed by atoms with Crippen molar-refractivity contribution in [2.45, 2.75) is 44.6 Å². The average Bonchev–Trinajstić information content (AvgIpc) is 3.65. The molecule has 0 bridgehead atoms. The second-order valence-electron chi connectivity index (χ2n) is 12.4. The number of benzene rings is 3. The molecule has 0 aliphatic carbocycles. The van der Waals surface area contributed by atoms with E-state index in [4.69, 9.17) is 21.1 Å². The Balaban J connectivity index is 1.54. The summed E-state index contributed by atoms with van der Waals surface area (Å²) in [6.07, 6.45) is -1.98. The third-order valence-electron chi connectivity index (χ3n) is 8.03. The molecule has 0 fully saturated rings. The Labute approximate surface area is 278 Å². The molecule has 48 heavy (non-hydrogen) atoms. The van der Waals surface area contributed by atoms with Crippen LogP contribution in [0.1, 0.15) is 54.3 Å². The van der Waals surface area contributed by atoms with Crippen LogP contribution in [0.15, 0.2) is 79.1 Å². The molecule has 1 unspecified atom stereocenters. The van der Waals surface area contributed by atoms with Gasteiger partial charge < -0.3 is 14.6 Å². The minimum atomic E-state index is -4.46. The van der Waals surface area contributed by atoms with Gasteiger partial charge in [-0.2, -0.15) is 13.2 Å². The van der Waals surface area contributed by atoms with Crippen molar-refractivity contribution < 1.29 is 32.5 Å². The lowest BCUT2D eigenvalue weighted by Gasteiger charge is -2.29. The summed E-state index contributed by atoms with van der Waals surface area (Å²) in [5.41, 5.74) is -0.443. The van der Waals surface area contributed by atoms with Crippen LogP contribution in [0.4, 0.5) is 18.0 Å². The third-order valence-corrected chi connectivity index (χ3v) is 8.46. The molecule has 0 aliphatic heterocycles. The first-order valence-electron chi connectivity index (χ1n) is 14.9. The number of nitrogens with zero attached hydrogens (tertiary/aromatic N) is 5. The first-order chi connectivity index (χ1) is 22.6. The molecule has 3 heterocycles. The number of carbonyl (C=O) groups is 1. The quantitative estimate of drug-likeness (QED) is 0.193. The summed E-state index contributed by atoms with van der Waals surface area (Å²) in [6.45, 7) is 5.30. The number of para-hydroxylation sites is 1. The van der Waals surface area contributed by atoms with E-state index in [1.165, 1.54) is 34.7 Å². The maximum Gasteiger partial charge on any atom is 0.419 e. The highest BCUT2D eigenvalue weighted by atomic mass is 35.5. The van der Waals surface area contributed by atoms with Crippen molar-refractivity contribution in [1.82, 2.24) is 24.5 Å². The first-order valence-corrected chi connectivity index (χ1v) is 15.2. The molecule has 13 heteroatoms. The van der Waals surface area contributed by atoms with E-state index < -0.39 is 29.0 Å². The lowest BCUT2D eigenvalue weighted by atomic mass is 9.82. The lowest BCUT2D eigenvalue weighted by molar-refractivity contribution is -0.137. The molecule has 0 saturated heterocycles. The van der Waals surface area contributed by atoms with Gasteiger partial charge in [-0.05, 0) is 62.2 Å². The zero-order valence-electron chi connectivity index (χ0n) is 26.6. The molecule has 3 aromatic heterocycles. The van der Waals surface area contributed by atoms with E-state index in [1.807, 2.05) is 0 Å². The van der Waals surface area contributed by atoms with Crippen molar-refractivity contribution in [3.8, 4) is 5.88 Å². The van der Waals surface area contributed by atoms with Crippen LogP contribution < -0.4 is 4.74 Å². The minimum Gasteiger partial charge on any atom is -0.481 e. The highest BCUT2D eigenvalue weighted by Gasteiger charge is 2.41. The minimum absolute atomic E-state index is 0.132. The van der Waals surface area contributed by atoms with Crippen LogP contribution in [0, 0.1) is 0 Å². The van der Waals surface area contributed by atoms with Crippen LogP contribution in [0.2, 0.25) is 5.02 Å². The second-order valence-corrected chi connectivity index (χ2v) is 12.8. The topological polar surface area (TPSA) is 104 Å². The van der Waals surface area contributed by atoms with Crippen molar-refractivity contribution in [3.63, 3.8) is 0 Å². The summed E-state index contributed by atoms with van der Waals surface area (Å²) in [6, 6.07) is 17.0. The zero-order chi connectivity index (χ0) is 34.6. The van der Waals surface area contributed by atoms with Crippen molar-refractivity contribution in [2.24, 2.45) is 7.05 Å². The van der Waals surface area contributed by atoms with E-state index in [9.17, 15) is 23.1 Å². The Hall–Kier alpha value is -4.94. The molecular formula is C35H31ClF3N5O4. The van der Waals surface area contributed by atoms with Gasteiger partial charge in [0.15, 0.2) is 5.60 Å². The maximum absolute atomic E-state index is 13.4. The molecule has 0 saturated carbocycles. The Kier molecular flexibility index (Phi) is 8.20. The summed E-state index contributed by atoms with van der Waals surface area (Å²) in [5, 5.41) is 22.3. The normalized spacial score (nSPS) is 13.5. The molecule has 1 N–H and O–H groups in total. The summed E-state index contributed by atoms with van der Waals surface area (Å²) in [5.74, 6) is 0.215. The van der Waals surface area contributed by atoms with Crippen molar-refractivity contribution in [1.29, 1.82) is 0 Å². The molecule has 1 atom stereocenters. The number of ether oxygens (including phenoxy) is 2. The summed E-state index contributed by atoms with van der Waals surface area (Å²) in [7, 11) is 3.08. The Morgan fingerprint density at radius 3 is 2.29 bits per heavy atom. The number of aromatic nitrogens is 5. The number of carbonyl (C=O) groups excluding carboxylic acids is 1. The number of halogens is 4. The first kappa shape index (κ1) is 33.0. The van der Waals surface area contributed by atoms with Gasteiger partial charge in [0, 0.05) is 41.6 Å². The molecule has 0 aliphatic rings. The molecule has 0 radical (unpaired) electrons. The number of pyridine rings is 1. The fourth-order valence-corrected chi connectivity index (χ4v) is 6.09. The van der Waals surface area contributed by atoms with Crippen LogP contribution in [0.3, 0.4) is 0 Å². The van der Waals surface area contributed by atoms with Gasteiger partial charge in [-0.3, -0.25) is 4.57 Å². The lowest BCUT2D eigenvalue weighted by Crippen LogP contribution is -2.31. The number of fused-ring (bicyclic) bond motifs is 2. The van der Waals surface area contributed by atoms with Crippen LogP contribution in [-0.2, 0) is 30.0 Å². The number of alkyl halides is 3. The molecule has 6 aromatic rings. The molecule has 6 rings (SSSR count). The number of hydrogen-bond acceptors (Lipinski definition) is 7. The summed E-state index contributed by atoms with van der Waals surface area (Å²) >= 11 is 7.03. The zero-order valence-corrected chi connectivity index (χ0v) is 27.4. The average molecular weight is 678 g/mol. The fourth-order valence-electron chi connectivity index (χ4n) is 5.79. The number of methoxy groups -OCH3 is 1. The van der Waals surface area contributed by atoms with E-state index >= 15 is 0 Å². The molecule has 248 valence electrons. The van der Waals surface area contributed by atoms with Crippen LogP contribution >= 0.6 is 11.6 Å². The van der Waals surface area contributed by atoms with E-state index in [1.54, 1.807) is 76.5 Å². The predicted molar refractivity (Wildman–Crippen MR) is 174 cm³/mol. The van der Waals surface area contributed by atoms with Gasteiger partial charge in [0.2, 0.25) is 5.88 Å². The van der Waals surface area contributed by atoms with Gasteiger partial charge in [-0.15, -0.1) is 5.10 Å². The predicted octanol–water partition coefficient (Wildman–Crippen LogP) is 7.66. The maximum atomic E-state index is 13.4. The van der Waals surface area contributed by atoms with Gasteiger partial charge in [0.1, 0.15) is 5.60 Å². The van der Waals surface area contributed by atoms with Crippen LogP contribution in [0.25, 0.3) is 21.8 Å². The SMILES string of the molecule is COc1nc2ccc(C(O)(c3cn(C(=O)OC(C)(C)C)c4ccccc34)c3cnnn3C)cc2c(Cl)c1Cc1ccc(C(F)(F)F)cc1. The van der Waals surface area contributed by atoms with E-state index in [0.717, 1.165) is 12.1 Å². The standard InChI is InChI=1S/C35H31ClF3N5O4/c1-33(2,3)48-32(45)44-19-26(23-8-6-7-9-28(23)44)34(46,29-18-40-42-43(29)4)22-14-15-27-24(17-22)30(36)25(31(41-27)47-5)16-20-10-12-21(13-11-20)35(37,38)39/h6-15,17-19,46H,16H2,1-5H3. The van der Waals surface area contributed by atoms with Gasteiger partial charge in [-0.25, -0.2) is 14.5 Å². The molecule has 0 amide bonds. The molecule has 3 aromatic carbocycles. The van der Waals surface area contributed by atoms with Crippen LogP contribution in [0.5, 0.6) is 5.88 Å². The number of aliphatic hydroxyl groups is 1. The van der Waals surface area contributed by atoms with Gasteiger partial charge >= 0.3 is 12.3 Å². The smallest absolute Gasteiger partial charge is 0.419 e. The van der Waals surface area contributed by atoms with Crippen molar-refractivity contribution in [2.75, 3.05) is 7.11 Å². The number of aryl methyl sites for hydroxylation is 1. The fraction of sp³-hybridized carbons (Fsp3) is 0.257. The monoisotopic (exact) mass is 677 g/mol. The molecule has 0 spiro atoms. The second kappa shape index (κ2) is 11.9. The highest BCUT2D eigenvalue weighted by molar-refractivity contribution is 6.36. The number of hydrogen-bond donors (Lipinski definition) is 1. The highest BCUT2D eigenvalue weighted by Crippen LogP contribution is 2.43. The molecule has 9 nitrogen and oxygen atoms in total. The summed E-state index contributed by atoms with van der Waals surface area (Å²) in [4.78, 5) is 18.0. The van der Waals surface area contributed by atoms with E-state index in [-0.39, 0.29) is 17.3 Å². The van der Waals surface area contributed by atoms with Crippen molar-refractivity contribution >= 4 is 39.5 Å². The van der Waals surface area contributed by atoms with Gasteiger partial charge in [0.05, 0.1) is 40.6 Å². The summed E-state index contributed by atoms with van der Waals surface area (Å²) < 4.78 is 53.5. The number of rotatable bonds is 6. The van der Waals surface area contributed by atoms with Gasteiger partial charge in [0.25, 0.3) is 0 Å². The van der Waals surface area contributed by atoms with Crippen LogP contribution in [-0.4, -0.2) is 48.5 Å². The van der Waals surface area contributed by atoms with Crippen molar-refractivity contribution in [3.05, 3.63) is 118 Å². The van der Waals surface area contributed by atoms with E-state index in [2.05, 4.69) is 15.3 Å². The Bertz CT molecular complexity index is 2170. The van der Waals surface area contributed by atoms with E-state index in [0.29, 0.717) is 49.8 Å². The van der Waals surface area contributed by atoms with Gasteiger partial charge in [-0.1, -0.05) is 53.2 Å². The Morgan fingerprint density at radius 1 is 0.979 bits per heavy atom. The largest absolute Gasteiger partial charge is 0.481 e. The Morgan fingerprint density at radius 2 is 1.67 bits per heavy atom. The third kappa shape index (κ3) is 5.86. The molecular weight excluding hydrogens is 647 g/mol.